The van der Waals surface area contributed by atoms with Gasteiger partial charge in [-0.1, -0.05) is 42.5 Å². The summed E-state index contributed by atoms with van der Waals surface area (Å²) in [6, 6.07) is 24.1. The minimum atomic E-state index is -0.879. The fourth-order valence-corrected chi connectivity index (χ4v) is 2.22. The van der Waals surface area contributed by atoms with Crippen LogP contribution in [-0.4, -0.2) is 11.1 Å². The highest BCUT2D eigenvalue weighted by molar-refractivity contribution is 5.87. The van der Waals surface area contributed by atoms with Crippen LogP contribution in [0.15, 0.2) is 78.9 Å². The van der Waals surface area contributed by atoms with Gasteiger partial charge in [0, 0.05) is 11.4 Å². The number of nitrogens with two attached hydrogens (primary N) is 2. The molecule has 0 aliphatic carbocycles. The fraction of sp³-hybridized carbons (Fsp3) is 0.0500. The molecule has 0 aliphatic rings. The summed E-state index contributed by atoms with van der Waals surface area (Å²) in [5.74, 6) is -0.879. The van der Waals surface area contributed by atoms with Gasteiger partial charge in [-0.15, -0.1) is 0 Å². The van der Waals surface area contributed by atoms with E-state index in [-0.39, 0.29) is 0 Å². The van der Waals surface area contributed by atoms with Crippen LogP contribution < -0.4 is 11.5 Å². The lowest BCUT2D eigenvalue weighted by molar-refractivity contribution is 0.0697. The summed E-state index contributed by atoms with van der Waals surface area (Å²) >= 11 is 0. The number of hydrogen-bond acceptors (Lipinski definition) is 3. The first-order chi connectivity index (χ1) is 11.5. The molecule has 3 aromatic rings. The van der Waals surface area contributed by atoms with E-state index >= 15 is 0 Å². The van der Waals surface area contributed by atoms with Crippen LogP contribution in [-0.2, 0) is 6.42 Å². The maximum Gasteiger partial charge on any atom is 0.335 e. The molecule has 0 radical (unpaired) electrons. The monoisotopic (exact) mass is 320 g/mol. The molecule has 122 valence electrons. The van der Waals surface area contributed by atoms with E-state index in [4.69, 9.17) is 16.6 Å². The van der Waals surface area contributed by atoms with Gasteiger partial charge in [0.25, 0.3) is 0 Å². The molecule has 0 bridgehead atoms. The highest BCUT2D eigenvalue weighted by Crippen LogP contribution is 2.14. The number of anilines is 2. The van der Waals surface area contributed by atoms with Crippen molar-refractivity contribution in [3.05, 3.63) is 95.6 Å². The van der Waals surface area contributed by atoms with Gasteiger partial charge in [-0.25, -0.2) is 4.79 Å². The van der Waals surface area contributed by atoms with Crippen molar-refractivity contribution in [3.8, 4) is 0 Å². The lowest BCUT2D eigenvalue weighted by Gasteiger charge is -2.03. The first-order valence-corrected chi connectivity index (χ1v) is 7.52. The number of hydrogen-bond donors (Lipinski definition) is 3. The molecule has 0 unspecified atom stereocenters. The minimum absolute atomic E-state index is 0.331. The lowest BCUT2D eigenvalue weighted by atomic mass is 10.0. The summed E-state index contributed by atoms with van der Waals surface area (Å²) in [5.41, 5.74) is 15.8. The molecule has 0 atom stereocenters. The van der Waals surface area contributed by atoms with Crippen LogP contribution in [0.25, 0.3) is 0 Å². The topological polar surface area (TPSA) is 89.3 Å². The van der Waals surface area contributed by atoms with Crippen molar-refractivity contribution in [1.29, 1.82) is 0 Å². The SMILES string of the molecule is Nc1cccc(Cc2cccc(N)c2)c1.O=C(O)c1ccccc1. The van der Waals surface area contributed by atoms with Gasteiger partial charge < -0.3 is 16.6 Å². The molecule has 0 fully saturated rings. The van der Waals surface area contributed by atoms with Crippen LogP contribution in [0, 0.1) is 0 Å². The van der Waals surface area contributed by atoms with E-state index in [0.29, 0.717) is 5.56 Å². The zero-order valence-electron chi connectivity index (χ0n) is 13.2. The van der Waals surface area contributed by atoms with Gasteiger partial charge in [0.15, 0.2) is 0 Å². The molecule has 0 aromatic heterocycles. The molecule has 4 nitrogen and oxygen atoms in total. The first kappa shape index (κ1) is 17.1. The third-order valence-corrected chi connectivity index (χ3v) is 3.33. The second-order valence-corrected chi connectivity index (χ2v) is 5.34. The van der Waals surface area contributed by atoms with Gasteiger partial charge in [-0.3, -0.25) is 0 Å². The van der Waals surface area contributed by atoms with Crippen molar-refractivity contribution in [2.45, 2.75) is 6.42 Å². The minimum Gasteiger partial charge on any atom is -0.478 e. The third-order valence-electron chi connectivity index (χ3n) is 3.33. The van der Waals surface area contributed by atoms with E-state index in [1.807, 2.05) is 36.4 Å². The van der Waals surface area contributed by atoms with Crippen molar-refractivity contribution in [3.63, 3.8) is 0 Å². The number of carboxylic acid groups (broad SMARTS) is 1. The Kier molecular flexibility index (Phi) is 5.97. The summed E-state index contributed by atoms with van der Waals surface area (Å²) < 4.78 is 0. The maximum atomic E-state index is 10.2. The number of carbonyl (C=O) groups is 1. The van der Waals surface area contributed by atoms with Crippen LogP contribution in [0.4, 0.5) is 11.4 Å². The zero-order chi connectivity index (χ0) is 17.4. The fourth-order valence-electron chi connectivity index (χ4n) is 2.22. The average Bonchev–Trinajstić information content (AvgIpc) is 2.56. The predicted molar refractivity (Wildman–Crippen MR) is 97.9 cm³/mol. The zero-order valence-corrected chi connectivity index (χ0v) is 13.2. The normalized spacial score (nSPS) is 9.67. The largest absolute Gasteiger partial charge is 0.478 e. The standard InChI is InChI=1S/C13H14N2.C7H6O2/c14-12-5-1-3-10(8-12)7-11-4-2-6-13(15)9-11;8-7(9)6-4-2-1-3-5-6/h1-6,8-9H,7,14-15H2;1-5H,(H,8,9). The summed E-state index contributed by atoms with van der Waals surface area (Å²) in [4.78, 5) is 10.2. The lowest BCUT2D eigenvalue weighted by Crippen LogP contribution is -1.93. The Labute approximate surface area is 141 Å². The van der Waals surface area contributed by atoms with Crippen LogP contribution in [0.5, 0.6) is 0 Å². The maximum absolute atomic E-state index is 10.2. The van der Waals surface area contributed by atoms with Gasteiger partial charge in [0.2, 0.25) is 0 Å². The van der Waals surface area contributed by atoms with Crippen LogP contribution in [0.1, 0.15) is 21.5 Å². The molecular formula is C20H20N2O2. The highest BCUT2D eigenvalue weighted by atomic mass is 16.4. The van der Waals surface area contributed by atoms with Crippen molar-refractivity contribution in [1.82, 2.24) is 0 Å². The van der Waals surface area contributed by atoms with Gasteiger partial charge in [-0.05, 0) is 53.9 Å². The quantitative estimate of drug-likeness (QED) is 0.640. The number of rotatable bonds is 3. The molecule has 3 aromatic carbocycles. The van der Waals surface area contributed by atoms with E-state index in [1.54, 1.807) is 30.3 Å². The van der Waals surface area contributed by atoms with Gasteiger partial charge in [0.1, 0.15) is 0 Å². The molecule has 4 heteroatoms. The Morgan fingerprint density at radius 2 is 1.25 bits per heavy atom. The van der Waals surface area contributed by atoms with Crippen LogP contribution >= 0.6 is 0 Å². The number of nitrogen functional groups attached to an aromatic ring is 2. The second kappa shape index (κ2) is 8.39. The summed E-state index contributed by atoms with van der Waals surface area (Å²) in [5, 5.41) is 8.38. The van der Waals surface area contributed by atoms with Crippen molar-refractivity contribution in [2.24, 2.45) is 0 Å². The molecule has 24 heavy (non-hydrogen) atoms. The van der Waals surface area contributed by atoms with E-state index in [9.17, 15) is 4.79 Å². The van der Waals surface area contributed by atoms with E-state index in [1.165, 1.54) is 11.1 Å². The van der Waals surface area contributed by atoms with Gasteiger partial charge >= 0.3 is 5.97 Å². The Morgan fingerprint density at radius 3 is 1.62 bits per heavy atom. The number of benzene rings is 3. The molecule has 0 heterocycles. The second-order valence-electron chi connectivity index (χ2n) is 5.34. The van der Waals surface area contributed by atoms with Gasteiger partial charge in [-0.2, -0.15) is 0 Å². The van der Waals surface area contributed by atoms with Crippen molar-refractivity contribution in [2.75, 3.05) is 11.5 Å². The Hall–Kier alpha value is -3.27. The molecule has 3 rings (SSSR count). The molecule has 0 aliphatic heterocycles. The van der Waals surface area contributed by atoms with E-state index in [2.05, 4.69) is 12.1 Å². The Bertz CT molecular complexity index is 758. The summed E-state index contributed by atoms with van der Waals surface area (Å²) in [6.45, 7) is 0. The molecule has 0 spiro atoms. The molecule has 0 saturated carbocycles. The average molecular weight is 320 g/mol. The molecule has 0 saturated heterocycles. The third kappa shape index (κ3) is 5.50. The van der Waals surface area contributed by atoms with E-state index < -0.39 is 5.97 Å². The Morgan fingerprint density at radius 1 is 0.750 bits per heavy atom. The van der Waals surface area contributed by atoms with Crippen LogP contribution in [0.2, 0.25) is 0 Å². The number of aromatic carboxylic acids is 1. The predicted octanol–water partition coefficient (Wildman–Crippen LogP) is 3.83. The summed E-state index contributed by atoms with van der Waals surface area (Å²) in [6.07, 6.45) is 0.871. The highest BCUT2D eigenvalue weighted by Gasteiger charge is 1.97. The smallest absolute Gasteiger partial charge is 0.335 e. The Balaban J connectivity index is 0.000000198. The molecule has 0 amide bonds. The number of carboxylic acids is 1. The van der Waals surface area contributed by atoms with Crippen molar-refractivity contribution < 1.29 is 9.90 Å². The molecular weight excluding hydrogens is 300 g/mol. The van der Waals surface area contributed by atoms with Gasteiger partial charge in [0.05, 0.1) is 5.56 Å². The van der Waals surface area contributed by atoms with Crippen LogP contribution in [0.3, 0.4) is 0 Å². The van der Waals surface area contributed by atoms with E-state index in [0.717, 1.165) is 17.8 Å². The van der Waals surface area contributed by atoms with Crippen molar-refractivity contribution >= 4 is 17.3 Å². The molecule has 5 N–H and O–H groups in total. The first-order valence-electron chi connectivity index (χ1n) is 7.52. The summed E-state index contributed by atoms with van der Waals surface area (Å²) in [7, 11) is 0.